The second kappa shape index (κ2) is 6.32. The van der Waals surface area contributed by atoms with E-state index in [1.165, 1.54) is 10.4 Å². The van der Waals surface area contributed by atoms with Crippen LogP contribution in [0.15, 0.2) is 23.1 Å². The number of rotatable bonds is 4. The first-order valence-electron chi connectivity index (χ1n) is 7.38. The smallest absolute Gasteiger partial charge is 0.243 e. The predicted molar refractivity (Wildman–Crippen MR) is 81.8 cm³/mol. The number of hydrogen-bond acceptors (Lipinski definition) is 3. The van der Waals surface area contributed by atoms with Crippen LogP contribution in [0.3, 0.4) is 0 Å². The molecule has 0 heterocycles. The Labute approximate surface area is 126 Å². The van der Waals surface area contributed by atoms with E-state index in [9.17, 15) is 12.8 Å². The van der Waals surface area contributed by atoms with Crippen LogP contribution >= 0.6 is 0 Å². The molecule has 1 fully saturated rings. The molecule has 0 aromatic heterocycles. The molecule has 0 aliphatic heterocycles. The Balaban J connectivity index is 2.19. The summed E-state index contributed by atoms with van der Waals surface area (Å²) in [5, 5.41) is 0. The highest BCUT2D eigenvalue weighted by atomic mass is 32.2. The minimum absolute atomic E-state index is 0.0118. The predicted octanol–water partition coefficient (Wildman–Crippen LogP) is 3.00. The minimum atomic E-state index is -3.69. The molecule has 2 rings (SSSR count). The topological polar surface area (TPSA) is 63.4 Å². The van der Waals surface area contributed by atoms with Crippen molar-refractivity contribution in [2.24, 2.45) is 5.92 Å². The molecule has 1 saturated carbocycles. The summed E-state index contributed by atoms with van der Waals surface area (Å²) in [4.78, 5) is -0.0693. The average molecular weight is 314 g/mol. The summed E-state index contributed by atoms with van der Waals surface area (Å²) in [6, 6.07) is 3.44. The molecule has 6 heteroatoms. The SMILES string of the molecule is CCC1CCC(N(C)S(=O)(=O)c2cc(N)cc(F)c2)CC1. The highest BCUT2D eigenvalue weighted by Gasteiger charge is 2.31. The molecule has 1 aromatic rings. The summed E-state index contributed by atoms with van der Waals surface area (Å²) in [5.74, 6) is 0.0684. The zero-order valence-corrected chi connectivity index (χ0v) is 13.4. The molecular formula is C15H23FN2O2S. The highest BCUT2D eigenvalue weighted by Crippen LogP contribution is 2.31. The first-order chi connectivity index (χ1) is 9.84. The Morgan fingerprint density at radius 1 is 1.24 bits per heavy atom. The van der Waals surface area contributed by atoms with Gasteiger partial charge in [-0.3, -0.25) is 0 Å². The number of nitrogens with two attached hydrogens (primary N) is 1. The normalized spacial score (nSPS) is 23.4. The van der Waals surface area contributed by atoms with E-state index in [0.29, 0.717) is 5.92 Å². The van der Waals surface area contributed by atoms with E-state index in [-0.39, 0.29) is 16.6 Å². The molecular weight excluding hydrogens is 291 g/mol. The summed E-state index contributed by atoms with van der Waals surface area (Å²) in [6.07, 6.45) is 4.96. The van der Waals surface area contributed by atoms with Crippen LogP contribution in [0.2, 0.25) is 0 Å². The third kappa shape index (κ3) is 3.55. The number of halogens is 1. The van der Waals surface area contributed by atoms with Crippen LogP contribution in [0.1, 0.15) is 39.0 Å². The van der Waals surface area contributed by atoms with E-state index < -0.39 is 15.8 Å². The standard InChI is InChI=1S/C15H23FN2O2S/c1-3-11-4-6-14(7-5-11)18(2)21(19,20)15-9-12(16)8-13(17)10-15/h8-11,14H,3-7,17H2,1-2H3. The van der Waals surface area contributed by atoms with Crippen molar-refractivity contribution in [3.8, 4) is 0 Å². The number of anilines is 1. The molecule has 0 unspecified atom stereocenters. The van der Waals surface area contributed by atoms with Crippen LogP contribution in [-0.2, 0) is 10.0 Å². The number of hydrogen-bond donors (Lipinski definition) is 1. The molecule has 4 nitrogen and oxygen atoms in total. The quantitative estimate of drug-likeness (QED) is 0.869. The lowest BCUT2D eigenvalue weighted by Gasteiger charge is -2.33. The molecule has 0 bridgehead atoms. The third-order valence-electron chi connectivity index (χ3n) is 4.48. The van der Waals surface area contributed by atoms with Crippen molar-refractivity contribution >= 4 is 15.7 Å². The van der Waals surface area contributed by atoms with Crippen molar-refractivity contribution in [1.82, 2.24) is 4.31 Å². The van der Waals surface area contributed by atoms with Gasteiger partial charge in [0.1, 0.15) is 5.82 Å². The second-order valence-corrected chi connectivity index (χ2v) is 7.82. The zero-order valence-electron chi connectivity index (χ0n) is 12.5. The summed E-state index contributed by atoms with van der Waals surface area (Å²) in [7, 11) is -2.12. The monoisotopic (exact) mass is 314 g/mol. The third-order valence-corrected chi connectivity index (χ3v) is 6.37. The first kappa shape index (κ1) is 16.2. The molecule has 0 saturated heterocycles. The van der Waals surface area contributed by atoms with Gasteiger partial charge in [-0.2, -0.15) is 4.31 Å². The fourth-order valence-electron chi connectivity index (χ4n) is 3.01. The van der Waals surface area contributed by atoms with Crippen molar-refractivity contribution in [2.75, 3.05) is 12.8 Å². The van der Waals surface area contributed by atoms with E-state index in [0.717, 1.165) is 44.2 Å². The van der Waals surface area contributed by atoms with Crippen LogP contribution in [0, 0.1) is 11.7 Å². The van der Waals surface area contributed by atoms with E-state index in [1.807, 2.05) is 0 Å². The van der Waals surface area contributed by atoms with Gasteiger partial charge in [0.25, 0.3) is 0 Å². The Morgan fingerprint density at radius 3 is 2.38 bits per heavy atom. The van der Waals surface area contributed by atoms with Gasteiger partial charge in [0.05, 0.1) is 4.90 Å². The van der Waals surface area contributed by atoms with Crippen molar-refractivity contribution in [1.29, 1.82) is 0 Å². The van der Waals surface area contributed by atoms with Crippen LogP contribution < -0.4 is 5.73 Å². The van der Waals surface area contributed by atoms with E-state index in [1.54, 1.807) is 7.05 Å². The van der Waals surface area contributed by atoms with Gasteiger partial charge >= 0.3 is 0 Å². The Morgan fingerprint density at radius 2 is 1.86 bits per heavy atom. The number of benzene rings is 1. The largest absolute Gasteiger partial charge is 0.399 e. The molecule has 0 spiro atoms. The van der Waals surface area contributed by atoms with Crippen LogP contribution in [-0.4, -0.2) is 25.8 Å². The van der Waals surface area contributed by atoms with Crippen LogP contribution in [0.5, 0.6) is 0 Å². The lowest BCUT2D eigenvalue weighted by atomic mass is 9.85. The number of nitrogen functional groups attached to an aromatic ring is 1. The molecule has 118 valence electrons. The molecule has 1 aromatic carbocycles. The minimum Gasteiger partial charge on any atom is -0.399 e. The zero-order chi connectivity index (χ0) is 15.6. The molecule has 0 atom stereocenters. The van der Waals surface area contributed by atoms with Crippen molar-refractivity contribution in [2.45, 2.75) is 50.0 Å². The van der Waals surface area contributed by atoms with E-state index in [2.05, 4.69) is 6.92 Å². The Kier molecular flexibility index (Phi) is 4.88. The molecule has 2 N–H and O–H groups in total. The summed E-state index contributed by atoms with van der Waals surface area (Å²) in [6.45, 7) is 2.17. The van der Waals surface area contributed by atoms with E-state index in [4.69, 9.17) is 5.73 Å². The maximum Gasteiger partial charge on any atom is 0.243 e. The second-order valence-electron chi connectivity index (χ2n) is 5.82. The number of nitrogens with zero attached hydrogens (tertiary/aromatic N) is 1. The lowest BCUT2D eigenvalue weighted by Crippen LogP contribution is -2.39. The maximum atomic E-state index is 13.4. The van der Waals surface area contributed by atoms with Crippen molar-refractivity contribution in [3.05, 3.63) is 24.0 Å². The van der Waals surface area contributed by atoms with Gasteiger partial charge in [-0.1, -0.05) is 13.3 Å². The number of sulfonamides is 1. The lowest BCUT2D eigenvalue weighted by molar-refractivity contribution is 0.233. The van der Waals surface area contributed by atoms with Gasteiger partial charge in [0.15, 0.2) is 0 Å². The highest BCUT2D eigenvalue weighted by molar-refractivity contribution is 7.89. The maximum absolute atomic E-state index is 13.4. The molecule has 0 amide bonds. The van der Waals surface area contributed by atoms with Crippen LogP contribution in [0.25, 0.3) is 0 Å². The fourth-order valence-corrected chi connectivity index (χ4v) is 4.49. The molecule has 21 heavy (non-hydrogen) atoms. The van der Waals surface area contributed by atoms with Crippen molar-refractivity contribution in [3.63, 3.8) is 0 Å². The van der Waals surface area contributed by atoms with Gasteiger partial charge in [-0.05, 0) is 49.8 Å². The Hall–Kier alpha value is -1.14. The molecule has 1 aliphatic carbocycles. The summed E-state index contributed by atoms with van der Waals surface area (Å²) in [5.41, 5.74) is 5.67. The summed E-state index contributed by atoms with van der Waals surface area (Å²) < 4.78 is 40.0. The first-order valence-corrected chi connectivity index (χ1v) is 8.82. The molecule has 1 aliphatic rings. The molecule has 0 radical (unpaired) electrons. The van der Waals surface area contributed by atoms with Crippen molar-refractivity contribution < 1.29 is 12.8 Å². The average Bonchev–Trinajstić information content (AvgIpc) is 2.45. The van der Waals surface area contributed by atoms with Crippen LogP contribution in [0.4, 0.5) is 10.1 Å². The fraction of sp³-hybridized carbons (Fsp3) is 0.600. The van der Waals surface area contributed by atoms with Gasteiger partial charge in [-0.25, -0.2) is 12.8 Å². The van der Waals surface area contributed by atoms with Gasteiger partial charge < -0.3 is 5.73 Å². The van der Waals surface area contributed by atoms with Gasteiger partial charge in [-0.15, -0.1) is 0 Å². The van der Waals surface area contributed by atoms with Gasteiger partial charge in [0.2, 0.25) is 10.0 Å². The Bertz CT molecular complexity index is 575. The van der Waals surface area contributed by atoms with Gasteiger partial charge in [0, 0.05) is 18.8 Å². The van der Waals surface area contributed by atoms with E-state index >= 15 is 0 Å². The summed E-state index contributed by atoms with van der Waals surface area (Å²) >= 11 is 0.